The van der Waals surface area contributed by atoms with Crippen LogP contribution in [0, 0.1) is 0 Å². The minimum atomic E-state index is -0.102. The van der Waals surface area contributed by atoms with E-state index >= 15 is 0 Å². The summed E-state index contributed by atoms with van der Waals surface area (Å²) in [5.41, 5.74) is 2.12. The van der Waals surface area contributed by atoms with Gasteiger partial charge in [-0.25, -0.2) is 0 Å². The van der Waals surface area contributed by atoms with Gasteiger partial charge in [0, 0.05) is 49.4 Å². The molecule has 0 radical (unpaired) electrons. The first-order valence-corrected chi connectivity index (χ1v) is 9.09. The summed E-state index contributed by atoms with van der Waals surface area (Å²) in [5.74, 6) is -0.102. The van der Waals surface area contributed by atoms with Crippen molar-refractivity contribution in [3.05, 3.63) is 58.3 Å². The van der Waals surface area contributed by atoms with E-state index in [0.29, 0.717) is 0 Å². The normalized spacial score (nSPS) is 16.5. The molecule has 0 spiro atoms. The number of hydrogen-bond donors (Lipinski definition) is 1. The zero-order chi connectivity index (χ0) is 16.8. The average molecular weight is 341 g/mol. The quantitative estimate of drug-likeness (QED) is 0.849. The molecule has 2 aromatic rings. The van der Waals surface area contributed by atoms with Crippen LogP contribution in [0.3, 0.4) is 0 Å². The number of carbonyl (C=O) groups is 1. The fraction of sp³-hybridized carbons (Fsp3) is 0.316. The first-order valence-electron chi connectivity index (χ1n) is 8.21. The lowest BCUT2D eigenvalue weighted by Gasteiger charge is -2.32. The highest BCUT2D eigenvalue weighted by Crippen LogP contribution is 2.14. The monoisotopic (exact) mass is 341 g/mol. The van der Waals surface area contributed by atoms with E-state index in [4.69, 9.17) is 0 Å². The third kappa shape index (κ3) is 5.03. The number of anilines is 1. The van der Waals surface area contributed by atoms with Crippen LogP contribution in [-0.2, 0) is 11.3 Å². The largest absolute Gasteiger partial charge is 0.323 e. The summed E-state index contributed by atoms with van der Waals surface area (Å²) in [6.45, 7) is 5.46. The van der Waals surface area contributed by atoms with Gasteiger partial charge in [0.2, 0.25) is 5.91 Å². The Labute approximate surface area is 147 Å². The fourth-order valence-electron chi connectivity index (χ4n) is 2.69. The molecule has 126 valence electrons. The highest BCUT2D eigenvalue weighted by molar-refractivity contribution is 7.10. The lowest BCUT2D eigenvalue weighted by Crippen LogP contribution is -2.43. The Morgan fingerprint density at radius 2 is 1.92 bits per heavy atom. The number of hydrogen-bond acceptors (Lipinski definition) is 4. The molecule has 0 bridgehead atoms. The van der Waals surface area contributed by atoms with Gasteiger partial charge in [-0.2, -0.15) is 0 Å². The number of carbonyl (C=O) groups excluding carboxylic acids is 1. The Hall–Kier alpha value is -1.95. The number of likely N-dealkylation sites (N-methyl/N-ethyl adjacent to an activating group) is 1. The highest BCUT2D eigenvalue weighted by atomic mass is 32.1. The number of amides is 1. The molecular weight excluding hydrogens is 318 g/mol. The summed E-state index contributed by atoms with van der Waals surface area (Å²) in [6.07, 6.45) is 3.41. The van der Waals surface area contributed by atoms with Crippen molar-refractivity contribution >= 4 is 29.0 Å². The molecular formula is C19H23N3OS. The summed E-state index contributed by atoms with van der Waals surface area (Å²) in [7, 11) is 2.17. The van der Waals surface area contributed by atoms with E-state index in [2.05, 4.69) is 34.3 Å². The van der Waals surface area contributed by atoms with Gasteiger partial charge >= 0.3 is 0 Å². The third-order valence-corrected chi connectivity index (χ3v) is 5.00. The van der Waals surface area contributed by atoms with E-state index < -0.39 is 0 Å². The molecule has 0 unspecified atom stereocenters. The third-order valence-electron chi connectivity index (χ3n) is 4.17. The summed E-state index contributed by atoms with van der Waals surface area (Å²) in [6, 6.07) is 12.1. The van der Waals surface area contributed by atoms with Crippen LogP contribution >= 0.6 is 11.3 Å². The predicted octanol–water partition coefficient (Wildman–Crippen LogP) is 3.15. The van der Waals surface area contributed by atoms with Crippen molar-refractivity contribution in [2.75, 3.05) is 38.5 Å². The molecule has 1 aliphatic rings. The van der Waals surface area contributed by atoms with Gasteiger partial charge in [-0.3, -0.25) is 9.69 Å². The molecule has 5 heteroatoms. The Bertz CT molecular complexity index is 671. The standard InChI is InChI=1S/C19H23N3OS/c1-21-10-12-22(13-11-21)15-16-4-6-17(7-5-16)20-19(23)9-8-18-3-2-14-24-18/h2-9,14H,10-13,15H2,1H3,(H,20,23). The molecule has 2 heterocycles. The smallest absolute Gasteiger partial charge is 0.248 e. The number of rotatable bonds is 5. The second-order valence-electron chi connectivity index (χ2n) is 6.11. The molecule has 1 saturated heterocycles. The maximum Gasteiger partial charge on any atom is 0.248 e. The molecule has 0 aliphatic carbocycles. The van der Waals surface area contributed by atoms with Crippen molar-refractivity contribution < 1.29 is 4.79 Å². The molecule has 1 aliphatic heterocycles. The summed E-state index contributed by atoms with van der Waals surface area (Å²) >= 11 is 1.62. The van der Waals surface area contributed by atoms with Crippen molar-refractivity contribution in [2.45, 2.75) is 6.54 Å². The van der Waals surface area contributed by atoms with Crippen molar-refractivity contribution in [3.63, 3.8) is 0 Å². The SMILES string of the molecule is CN1CCN(Cc2ccc(NC(=O)C=Cc3cccs3)cc2)CC1. The minimum Gasteiger partial charge on any atom is -0.323 e. The first kappa shape index (κ1) is 16.9. The molecule has 3 rings (SSSR count). The number of benzene rings is 1. The fourth-order valence-corrected chi connectivity index (χ4v) is 3.30. The van der Waals surface area contributed by atoms with Gasteiger partial charge in [-0.15, -0.1) is 11.3 Å². The predicted molar refractivity (Wildman–Crippen MR) is 101 cm³/mol. The molecule has 1 aromatic carbocycles. The van der Waals surface area contributed by atoms with E-state index in [0.717, 1.165) is 43.3 Å². The molecule has 1 aromatic heterocycles. The van der Waals surface area contributed by atoms with Crippen molar-refractivity contribution in [1.29, 1.82) is 0 Å². The van der Waals surface area contributed by atoms with Crippen LogP contribution < -0.4 is 5.32 Å². The second-order valence-corrected chi connectivity index (χ2v) is 7.09. The Kier molecular flexibility index (Phi) is 5.80. The van der Waals surface area contributed by atoms with Crippen molar-refractivity contribution in [2.24, 2.45) is 0 Å². The van der Waals surface area contributed by atoms with Crippen LogP contribution in [0.1, 0.15) is 10.4 Å². The molecule has 4 nitrogen and oxygen atoms in total. The molecule has 1 fully saturated rings. The van der Waals surface area contributed by atoms with Crippen LogP contribution in [0.15, 0.2) is 47.9 Å². The van der Waals surface area contributed by atoms with Gasteiger partial charge in [-0.1, -0.05) is 18.2 Å². The highest BCUT2D eigenvalue weighted by Gasteiger charge is 2.13. The summed E-state index contributed by atoms with van der Waals surface area (Å²) in [5, 5.41) is 4.90. The zero-order valence-electron chi connectivity index (χ0n) is 13.9. The molecule has 1 N–H and O–H groups in total. The van der Waals surface area contributed by atoms with Crippen LogP contribution in [0.2, 0.25) is 0 Å². The average Bonchev–Trinajstić information content (AvgIpc) is 3.10. The maximum atomic E-state index is 11.9. The van der Waals surface area contributed by atoms with Gasteiger partial charge in [0.15, 0.2) is 0 Å². The molecule has 0 saturated carbocycles. The van der Waals surface area contributed by atoms with Crippen molar-refractivity contribution in [3.8, 4) is 0 Å². The van der Waals surface area contributed by atoms with Crippen LogP contribution in [-0.4, -0.2) is 48.9 Å². The lowest BCUT2D eigenvalue weighted by atomic mass is 10.2. The Morgan fingerprint density at radius 3 is 2.58 bits per heavy atom. The van der Waals surface area contributed by atoms with Gasteiger partial charge < -0.3 is 10.2 Å². The maximum absolute atomic E-state index is 11.9. The van der Waals surface area contributed by atoms with Gasteiger partial charge in [0.05, 0.1) is 0 Å². The van der Waals surface area contributed by atoms with E-state index in [-0.39, 0.29) is 5.91 Å². The van der Waals surface area contributed by atoms with E-state index in [1.54, 1.807) is 17.4 Å². The van der Waals surface area contributed by atoms with Gasteiger partial charge in [-0.05, 0) is 42.3 Å². The van der Waals surface area contributed by atoms with Gasteiger partial charge in [0.1, 0.15) is 0 Å². The van der Waals surface area contributed by atoms with E-state index in [9.17, 15) is 4.79 Å². The van der Waals surface area contributed by atoms with Crippen LogP contribution in [0.5, 0.6) is 0 Å². The minimum absolute atomic E-state index is 0.102. The number of piperazine rings is 1. The second kappa shape index (κ2) is 8.24. The summed E-state index contributed by atoms with van der Waals surface area (Å²) in [4.78, 5) is 17.8. The number of nitrogens with zero attached hydrogens (tertiary/aromatic N) is 2. The first-order chi connectivity index (χ1) is 11.7. The number of thiophene rings is 1. The van der Waals surface area contributed by atoms with Crippen molar-refractivity contribution in [1.82, 2.24) is 9.80 Å². The zero-order valence-corrected chi connectivity index (χ0v) is 14.8. The van der Waals surface area contributed by atoms with E-state index in [1.165, 1.54) is 5.56 Å². The topological polar surface area (TPSA) is 35.6 Å². The Balaban J connectivity index is 1.50. The summed E-state index contributed by atoms with van der Waals surface area (Å²) < 4.78 is 0. The molecule has 1 amide bonds. The number of nitrogens with one attached hydrogen (secondary N) is 1. The van der Waals surface area contributed by atoms with E-state index in [1.807, 2.05) is 35.7 Å². The van der Waals surface area contributed by atoms with Crippen LogP contribution in [0.4, 0.5) is 5.69 Å². The molecule has 0 atom stereocenters. The molecule has 24 heavy (non-hydrogen) atoms. The lowest BCUT2D eigenvalue weighted by molar-refractivity contribution is -0.111. The Morgan fingerprint density at radius 1 is 1.17 bits per heavy atom. The van der Waals surface area contributed by atoms with Gasteiger partial charge in [0.25, 0.3) is 0 Å². The van der Waals surface area contributed by atoms with Crippen LogP contribution in [0.25, 0.3) is 6.08 Å².